The van der Waals surface area contributed by atoms with E-state index in [1.807, 2.05) is 72.8 Å². The molecule has 0 radical (unpaired) electrons. The van der Waals surface area contributed by atoms with E-state index in [9.17, 15) is 4.79 Å². The number of hydrogen-bond donors (Lipinski definition) is 1. The first-order chi connectivity index (χ1) is 19.1. The number of fused-ring (bicyclic) bond motifs is 1. The minimum absolute atomic E-state index is 0.309. The van der Waals surface area contributed by atoms with Crippen LogP contribution in [0.15, 0.2) is 114 Å². The number of nitrogens with one attached hydrogen (secondary N) is 1. The van der Waals surface area contributed by atoms with E-state index in [1.165, 1.54) is 5.56 Å². The van der Waals surface area contributed by atoms with Crippen molar-refractivity contribution >= 4 is 34.5 Å². The average Bonchev–Trinajstić information content (AvgIpc) is 2.97. The Balaban J connectivity index is 1.26. The number of nitrogens with zero attached hydrogens (tertiary/aromatic N) is 1. The number of rotatable bonds is 9. The van der Waals surface area contributed by atoms with Gasteiger partial charge in [-0.3, -0.25) is 4.79 Å². The van der Waals surface area contributed by atoms with Crippen LogP contribution < -0.4 is 14.9 Å². The molecule has 0 unspecified atom stereocenters. The molecule has 194 valence electrons. The number of halogens is 1. The number of carbonyl (C=O) groups excluding carboxylic acids is 1. The smallest absolute Gasteiger partial charge is 0.271 e. The molecule has 0 aliphatic heterocycles. The number of aryl methyl sites for hydroxylation is 1. The largest absolute Gasteiger partial charge is 0.489 e. The molecule has 5 aromatic carbocycles. The second kappa shape index (κ2) is 12.3. The molecule has 39 heavy (non-hydrogen) atoms. The highest BCUT2D eigenvalue weighted by molar-refractivity contribution is 6.31. The van der Waals surface area contributed by atoms with Crippen LogP contribution >= 0.6 is 11.6 Å². The van der Waals surface area contributed by atoms with Crippen LogP contribution in [0, 0.1) is 6.92 Å². The Morgan fingerprint density at radius 3 is 2.36 bits per heavy atom. The maximum atomic E-state index is 12.7. The van der Waals surface area contributed by atoms with Crippen LogP contribution in [-0.2, 0) is 13.2 Å². The van der Waals surface area contributed by atoms with E-state index in [1.54, 1.807) is 30.5 Å². The molecule has 0 aliphatic carbocycles. The Kier molecular flexibility index (Phi) is 8.20. The lowest BCUT2D eigenvalue weighted by Crippen LogP contribution is -2.17. The first-order valence-corrected chi connectivity index (χ1v) is 12.9. The number of ether oxygens (including phenoxy) is 2. The summed E-state index contributed by atoms with van der Waals surface area (Å²) < 4.78 is 12.0. The molecule has 0 saturated carbocycles. The fraction of sp³-hybridized carbons (Fsp3) is 0.0909. The average molecular weight is 535 g/mol. The van der Waals surface area contributed by atoms with Gasteiger partial charge in [0.05, 0.1) is 6.21 Å². The topological polar surface area (TPSA) is 59.9 Å². The van der Waals surface area contributed by atoms with Crippen molar-refractivity contribution in [1.29, 1.82) is 0 Å². The van der Waals surface area contributed by atoms with Gasteiger partial charge in [0.25, 0.3) is 5.91 Å². The summed E-state index contributed by atoms with van der Waals surface area (Å²) in [6.45, 7) is 2.82. The Bertz CT molecular complexity index is 1610. The van der Waals surface area contributed by atoms with E-state index in [4.69, 9.17) is 21.1 Å². The van der Waals surface area contributed by atoms with Crippen molar-refractivity contribution in [2.24, 2.45) is 5.10 Å². The molecule has 1 amide bonds. The van der Waals surface area contributed by atoms with Gasteiger partial charge >= 0.3 is 0 Å². The van der Waals surface area contributed by atoms with E-state index in [-0.39, 0.29) is 5.91 Å². The Labute approximate surface area is 232 Å². The summed E-state index contributed by atoms with van der Waals surface area (Å²) in [5.74, 6) is 1.00. The summed E-state index contributed by atoms with van der Waals surface area (Å²) in [7, 11) is 0. The predicted octanol–water partition coefficient (Wildman–Crippen LogP) is 7.72. The van der Waals surface area contributed by atoms with Gasteiger partial charge in [-0.25, -0.2) is 5.43 Å². The second-order valence-electron chi connectivity index (χ2n) is 9.08. The highest BCUT2D eigenvalue weighted by atomic mass is 35.5. The fourth-order valence-corrected chi connectivity index (χ4v) is 4.27. The van der Waals surface area contributed by atoms with Crippen molar-refractivity contribution in [2.75, 3.05) is 0 Å². The summed E-state index contributed by atoms with van der Waals surface area (Å²) in [5.41, 5.74) is 7.03. The molecule has 5 rings (SSSR count). The molecular weight excluding hydrogens is 508 g/mol. The highest BCUT2D eigenvalue weighted by Gasteiger charge is 2.10. The predicted molar refractivity (Wildman–Crippen MR) is 157 cm³/mol. The van der Waals surface area contributed by atoms with E-state index < -0.39 is 0 Å². The van der Waals surface area contributed by atoms with E-state index in [2.05, 4.69) is 29.6 Å². The van der Waals surface area contributed by atoms with Gasteiger partial charge in [0, 0.05) is 21.7 Å². The third-order valence-corrected chi connectivity index (χ3v) is 6.64. The van der Waals surface area contributed by atoms with Crippen LogP contribution in [0.3, 0.4) is 0 Å². The Morgan fingerprint density at radius 2 is 1.56 bits per heavy atom. The van der Waals surface area contributed by atoms with Gasteiger partial charge in [-0.05, 0) is 59.7 Å². The van der Waals surface area contributed by atoms with Crippen molar-refractivity contribution in [2.45, 2.75) is 20.1 Å². The zero-order valence-electron chi connectivity index (χ0n) is 21.4. The van der Waals surface area contributed by atoms with E-state index in [0.29, 0.717) is 35.3 Å². The number of amides is 1. The quantitative estimate of drug-likeness (QED) is 0.155. The van der Waals surface area contributed by atoms with E-state index >= 15 is 0 Å². The zero-order valence-corrected chi connectivity index (χ0v) is 22.2. The summed E-state index contributed by atoms with van der Waals surface area (Å²) in [4.78, 5) is 12.7. The number of hydrazone groups is 1. The fourth-order valence-electron chi connectivity index (χ4n) is 4.08. The van der Waals surface area contributed by atoms with Crippen molar-refractivity contribution in [3.8, 4) is 11.5 Å². The summed E-state index contributed by atoms with van der Waals surface area (Å²) in [6, 6.07) is 34.6. The van der Waals surface area contributed by atoms with E-state index in [0.717, 1.165) is 27.5 Å². The van der Waals surface area contributed by atoms with Crippen molar-refractivity contribution in [3.63, 3.8) is 0 Å². The molecule has 5 nitrogen and oxygen atoms in total. The van der Waals surface area contributed by atoms with Crippen LogP contribution in [0.25, 0.3) is 10.8 Å². The number of hydrogen-bond acceptors (Lipinski definition) is 4. The molecule has 0 heterocycles. The highest BCUT2D eigenvalue weighted by Crippen LogP contribution is 2.28. The van der Waals surface area contributed by atoms with Gasteiger partial charge < -0.3 is 9.47 Å². The van der Waals surface area contributed by atoms with Crippen LogP contribution in [0.5, 0.6) is 11.5 Å². The molecule has 5 aromatic rings. The molecule has 0 aliphatic rings. The Hall–Kier alpha value is -4.61. The van der Waals surface area contributed by atoms with Crippen molar-refractivity contribution < 1.29 is 14.3 Å². The van der Waals surface area contributed by atoms with Gasteiger partial charge in [-0.2, -0.15) is 5.10 Å². The third kappa shape index (κ3) is 6.64. The lowest BCUT2D eigenvalue weighted by molar-refractivity contribution is 0.0955. The number of carbonyl (C=O) groups is 1. The van der Waals surface area contributed by atoms with Gasteiger partial charge in [-0.15, -0.1) is 0 Å². The maximum absolute atomic E-state index is 12.7. The normalized spacial score (nSPS) is 11.0. The number of benzene rings is 5. The van der Waals surface area contributed by atoms with Gasteiger partial charge in [0.2, 0.25) is 0 Å². The third-order valence-electron chi connectivity index (χ3n) is 6.27. The zero-order chi connectivity index (χ0) is 27.0. The molecule has 0 aromatic heterocycles. The van der Waals surface area contributed by atoms with Crippen LogP contribution in [0.1, 0.15) is 32.6 Å². The van der Waals surface area contributed by atoms with Gasteiger partial charge in [-0.1, -0.05) is 90.0 Å². The van der Waals surface area contributed by atoms with Gasteiger partial charge in [0.1, 0.15) is 24.7 Å². The van der Waals surface area contributed by atoms with Gasteiger partial charge in [0.15, 0.2) is 0 Å². The lowest BCUT2D eigenvalue weighted by Gasteiger charge is -2.12. The summed E-state index contributed by atoms with van der Waals surface area (Å²) in [6.07, 6.45) is 1.61. The second-order valence-corrected chi connectivity index (χ2v) is 9.48. The van der Waals surface area contributed by atoms with Crippen molar-refractivity contribution in [1.82, 2.24) is 5.43 Å². The molecule has 6 heteroatoms. The minimum atomic E-state index is -0.324. The molecule has 1 N–H and O–H groups in total. The summed E-state index contributed by atoms with van der Waals surface area (Å²) >= 11 is 6.30. The Morgan fingerprint density at radius 1 is 0.821 bits per heavy atom. The maximum Gasteiger partial charge on any atom is 0.271 e. The molecule has 0 fully saturated rings. The molecule has 0 atom stereocenters. The molecular formula is C33H27ClN2O3. The summed E-state index contributed by atoms with van der Waals surface area (Å²) in [5, 5.41) is 6.89. The van der Waals surface area contributed by atoms with Crippen LogP contribution in [0.2, 0.25) is 5.02 Å². The lowest BCUT2D eigenvalue weighted by atomic mass is 10.0. The first-order valence-electron chi connectivity index (χ1n) is 12.6. The standard InChI is InChI=1S/C33H27ClN2O3/c1-23-10-12-24(13-11-23)21-38-28-17-14-26(15-18-28)33(37)36-35-20-30-29-8-4-2-6-25(29)16-19-32(30)39-22-27-7-3-5-9-31(27)34/h2-20H,21-22H2,1H3,(H,36,37)/b35-20+. The first kappa shape index (κ1) is 26.0. The van der Waals surface area contributed by atoms with Crippen LogP contribution in [-0.4, -0.2) is 12.1 Å². The molecule has 0 spiro atoms. The monoisotopic (exact) mass is 534 g/mol. The minimum Gasteiger partial charge on any atom is -0.489 e. The molecule has 0 saturated heterocycles. The van der Waals surface area contributed by atoms with Crippen LogP contribution in [0.4, 0.5) is 0 Å². The molecule has 0 bridgehead atoms. The van der Waals surface area contributed by atoms with Crippen molar-refractivity contribution in [3.05, 3.63) is 142 Å². The SMILES string of the molecule is Cc1ccc(COc2ccc(C(=O)N/N=C/c3c(OCc4ccccc4Cl)ccc4ccccc34)cc2)cc1.